The molecular formula is C13H13BrO. The molecule has 0 aliphatic heterocycles. The lowest BCUT2D eigenvalue weighted by Crippen LogP contribution is -1.91. The van der Waals surface area contributed by atoms with Gasteiger partial charge in [0.1, 0.15) is 5.76 Å². The summed E-state index contributed by atoms with van der Waals surface area (Å²) in [7, 11) is 0. The van der Waals surface area contributed by atoms with E-state index in [-0.39, 0.29) is 0 Å². The molecule has 78 valence electrons. The standard InChI is InChI=1S/C13H13BrO/c1-8-7-9(2)13(14)10(3)12(8)11-5-4-6-15-11/h4-7H,1-3H3. The van der Waals surface area contributed by atoms with E-state index in [2.05, 4.69) is 42.8 Å². The molecular weight excluding hydrogens is 252 g/mol. The molecule has 2 rings (SSSR count). The van der Waals surface area contributed by atoms with Crippen LogP contribution in [0.15, 0.2) is 33.4 Å². The topological polar surface area (TPSA) is 13.1 Å². The highest BCUT2D eigenvalue weighted by molar-refractivity contribution is 9.10. The average molecular weight is 265 g/mol. The van der Waals surface area contributed by atoms with Crippen LogP contribution in [0.5, 0.6) is 0 Å². The normalized spacial score (nSPS) is 10.7. The van der Waals surface area contributed by atoms with E-state index in [1.165, 1.54) is 26.7 Å². The Morgan fingerprint density at radius 3 is 2.47 bits per heavy atom. The molecule has 15 heavy (non-hydrogen) atoms. The summed E-state index contributed by atoms with van der Waals surface area (Å²) < 4.78 is 6.62. The maximum atomic E-state index is 5.46. The Kier molecular flexibility index (Phi) is 2.70. The van der Waals surface area contributed by atoms with Crippen LogP contribution in [-0.2, 0) is 0 Å². The summed E-state index contributed by atoms with van der Waals surface area (Å²) in [6.45, 7) is 6.34. The molecule has 0 spiro atoms. The largest absolute Gasteiger partial charge is 0.464 e. The lowest BCUT2D eigenvalue weighted by atomic mass is 9.98. The van der Waals surface area contributed by atoms with Gasteiger partial charge >= 0.3 is 0 Å². The van der Waals surface area contributed by atoms with E-state index in [1.54, 1.807) is 6.26 Å². The van der Waals surface area contributed by atoms with Gasteiger partial charge in [-0.25, -0.2) is 0 Å². The Morgan fingerprint density at radius 2 is 1.87 bits per heavy atom. The van der Waals surface area contributed by atoms with Gasteiger partial charge in [0.25, 0.3) is 0 Å². The third-order valence-corrected chi connectivity index (χ3v) is 3.87. The molecule has 1 aromatic carbocycles. The molecule has 0 bridgehead atoms. The molecule has 0 aliphatic carbocycles. The molecule has 2 heteroatoms. The Balaban J connectivity index is 2.72. The van der Waals surface area contributed by atoms with Crippen molar-refractivity contribution < 1.29 is 4.42 Å². The predicted octanol–water partition coefficient (Wildman–Crippen LogP) is 4.63. The molecule has 0 atom stereocenters. The number of hydrogen-bond donors (Lipinski definition) is 0. The van der Waals surface area contributed by atoms with E-state index in [0.717, 1.165) is 5.76 Å². The van der Waals surface area contributed by atoms with Gasteiger partial charge in [0, 0.05) is 10.0 Å². The summed E-state index contributed by atoms with van der Waals surface area (Å²) in [6.07, 6.45) is 1.71. The number of aryl methyl sites for hydroxylation is 2. The van der Waals surface area contributed by atoms with E-state index in [4.69, 9.17) is 4.42 Å². The van der Waals surface area contributed by atoms with Gasteiger partial charge in [-0.1, -0.05) is 22.0 Å². The monoisotopic (exact) mass is 264 g/mol. The van der Waals surface area contributed by atoms with E-state index in [9.17, 15) is 0 Å². The first-order valence-electron chi connectivity index (χ1n) is 4.91. The molecule has 0 fully saturated rings. The number of furan rings is 1. The van der Waals surface area contributed by atoms with Crippen molar-refractivity contribution in [3.05, 3.63) is 45.6 Å². The van der Waals surface area contributed by atoms with Crippen molar-refractivity contribution in [2.45, 2.75) is 20.8 Å². The average Bonchev–Trinajstić information content (AvgIpc) is 2.68. The first-order valence-corrected chi connectivity index (χ1v) is 5.70. The predicted molar refractivity (Wildman–Crippen MR) is 66.1 cm³/mol. The van der Waals surface area contributed by atoms with Crippen molar-refractivity contribution in [1.29, 1.82) is 0 Å². The molecule has 2 aromatic rings. The quantitative estimate of drug-likeness (QED) is 0.732. The van der Waals surface area contributed by atoms with E-state index in [0.29, 0.717) is 0 Å². The van der Waals surface area contributed by atoms with Gasteiger partial charge in [-0.3, -0.25) is 0 Å². The second kappa shape index (κ2) is 3.86. The van der Waals surface area contributed by atoms with Crippen molar-refractivity contribution in [3.8, 4) is 11.3 Å². The number of rotatable bonds is 1. The highest BCUT2D eigenvalue weighted by Crippen LogP contribution is 2.34. The molecule has 1 nitrogen and oxygen atoms in total. The number of hydrogen-bond acceptors (Lipinski definition) is 1. The van der Waals surface area contributed by atoms with Crippen molar-refractivity contribution in [3.63, 3.8) is 0 Å². The fourth-order valence-corrected chi connectivity index (χ4v) is 2.27. The molecule has 1 aromatic heterocycles. The van der Waals surface area contributed by atoms with Crippen LogP contribution in [0.2, 0.25) is 0 Å². The van der Waals surface area contributed by atoms with Gasteiger partial charge in [0.15, 0.2) is 0 Å². The van der Waals surface area contributed by atoms with Gasteiger partial charge in [0.2, 0.25) is 0 Å². The van der Waals surface area contributed by atoms with Crippen LogP contribution in [0.25, 0.3) is 11.3 Å². The highest BCUT2D eigenvalue weighted by Gasteiger charge is 2.12. The third-order valence-electron chi connectivity index (χ3n) is 2.65. The van der Waals surface area contributed by atoms with Gasteiger partial charge < -0.3 is 4.42 Å². The zero-order valence-corrected chi connectivity index (χ0v) is 10.7. The van der Waals surface area contributed by atoms with Gasteiger partial charge in [-0.15, -0.1) is 0 Å². The zero-order valence-electron chi connectivity index (χ0n) is 9.10. The summed E-state index contributed by atoms with van der Waals surface area (Å²) in [5.74, 6) is 0.936. The molecule has 0 saturated heterocycles. The minimum Gasteiger partial charge on any atom is -0.464 e. The Bertz CT molecular complexity index is 484. The SMILES string of the molecule is Cc1cc(C)c(-c2ccco2)c(C)c1Br. The number of halogens is 1. The molecule has 1 heterocycles. The van der Waals surface area contributed by atoms with Crippen LogP contribution in [0.1, 0.15) is 16.7 Å². The molecule has 0 aliphatic rings. The molecule has 0 amide bonds. The minimum absolute atomic E-state index is 0.936. The maximum absolute atomic E-state index is 5.46. The van der Waals surface area contributed by atoms with E-state index < -0.39 is 0 Å². The summed E-state index contributed by atoms with van der Waals surface area (Å²) >= 11 is 3.61. The summed E-state index contributed by atoms with van der Waals surface area (Å²) in [5, 5.41) is 0. The summed E-state index contributed by atoms with van der Waals surface area (Å²) in [5.41, 5.74) is 4.95. The number of benzene rings is 1. The van der Waals surface area contributed by atoms with Crippen molar-refractivity contribution in [2.24, 2.45) is 0 Å². The Morgan fingerprint density at radius 1 is 1.13 bits per heavy atom. The zero-order chi connectivity index (χ0) is 11.0. The van der Waals surface area contributed by atoms with Crippen molar-refractivity contribution in [1.82, 2.24) is 0 Å². The van der Waals surface area contributed by atoms with Crippen molar-refractivity contribution in [2.75, 3.05) is 0 Å². The third kappa shape index (κ3) is 1.74. The Hall–Kier alpha value is -1.02. The maximum Gasteiger partial charge on any atom is 0.134 e. The van der Waals surface area contributed by atoms with Crippen LogP contribution >= 0.6 is 15.9 Å². The van der Waals surface area contributed by atoms with Crippen LogP contribution in [-0.4, -0.2) is 0 Å². The molecule has 0 unspecified atom stereocenters. The fourth-order valence-electron chi connectivity index (χ4n) is 1.96. The lowest BCUT2D eigenvalue weighted by molar-refractivity contribution is 0.581. The van der Waals surface area contributed by atoms with Crippen LogP contribution in [0.3, 0.4) is 0 Å². The first kappa shape index (κ1) is 10.5. The highest BCUT2D eigenvalue weighted by atomic mass is 79.9. The van der Waals surface area contributed by atoms with E-state index >= 15 is 0 Å². The molecule has 0 N–H and O–H groups in total. The van der Waals surface area contributed by atoms with Gasteiger partial charge in [-0.05, 0) is 49.6 Å². The van der Waals surface area contributed by atoms with Gasteiger partial charge in [-0.2, -0.15) is 0 Å². The smallest absolute Gasteiger partial charge is 0.134 e. The van der Waals surface area contributed by atoms with E-state index in [1.807, 2.05) is 12.1 Å². The molecule has 0 radical (unpaired) electrons. The van der Waals surface area contributed by atoms with Gasteiger partial charge in [0.05, 0.1) is 6.26 Å². The summed E-state index contributed by atoms with van der Waals surface area (Å²) in [6, 6.07) is 6.09. The summed E-state index contributed by atoms with van der Waals surface area (Å²) in [4.78, 5) is 0. The van der Waals surface area contributed by atoms with Crippen LogP contribution in [0, 0.1) is 20.8 Å². The molecule has 0 saturated carbocycles. The van der Waals surface area contributed by atoms with Crippen LogP contribution in [0.4, 0.5) is 0 Å². The minimum atomic E-state index is 0.936. The van der Waals surface area contributed by atoms with Crippen LogP contribution < -0.4 is 0 Å². The van der Waals surface area contributed by atoms with Crippen molar-refractivity contribution >= 4 is 15.9 Å². The lowest BCUT2D eigenvalue weighted by Gasteiger charge is -2.11. The second-order valence-electron chi connectivity index (χ2n) is 3.80. The first-order chi connectivity index (χ1) is 7.11. The Labute approximate surface area is 98.2 Å². The fraction of sp³-hybridized carbons (Fsp3) is 0.231. The second-order valence-corrected chi connectivity index (χ2v) is 4.59.